The first-order valence-corrected chi connectivity index (χ1v) is 5.22. The molecule has 0 spiro atoms. The Balaban J connectivity index is 2.17. The van der Waals surface area contributed by atoms with Crippen molar-refractivity contribution in [1.82, 2.24) is 9.80 Å². The fourth-order valence-electron chi connectivity index (χ4n) is 1.52. The van der Waals surface area contributed by atoms with Gasteiger partial charge in [0, 0.05) is 38.6 Å². The molecule has 1 fully saturated rings. The van der Waals surface area contributed by atoms with Gasteiger partial charge in [0.2, 0.25) is 0 Å². The maximum atomic E-state index is 5.76. The van der Waals surface area contributed by atoms with Gasteiger partial charge < -0.3 is 9.80 Å². The zero-order valence-corrected chi connectivity index (χ0v) is 8.85. The van der Waals surface area contributed by atoms with Gasteiger partial charge in [-0.2, -0.15) is 0 Å². The van der Waals surface area contributed by atoms with Crippen LogP contribution in [0, 0.1) is 5.92 Å². The number of hydrogen-bond donors (Lipinski definition) is 0. The highest BCUT2D eigenvalue weighted by Crippen LogP contribution is 2.05. The van der Waals surface area contributed by atoms with Gasteiger partial charge in [-0.05, 0) is 13.0 Å². The lowest BCUT2D eigenvalue weighted by molar-refractivity contribution is 0.142. The standard InChI is InChI=1S/C9H19ClN2/c1-9(7-10)8-12-5-3-11(2)4-6-12/h9H,3-8H2,1-2H3/t9-/m1/s1. The van der Waals surface area contributed by atoms with Crippen LogP contribution in [0.5, 0.6) is 0 Å². The third kappa shape index (κ3) is 3.30. The van der Waals surface area contributed by atoms with Crippen molar-refractivity contribution in [3.05, 3.63) is 0 Å². The highest BCUT2D eigenvalue weighted by Gasteiger charge is 2.15. The lowest BCUT2D eigenvalue weighted by atomic mass is 10.2. The molecule has 1 aliphatic heterocycles. The van der Waals surface area contributed by atoms with Gasteiger partial charge in [0.05, 0.1) is 0 Å². The molecule has 12 heavy (non-hydrogen) atoms. The molecule has 0 N–H and O–H groups in total. The number of alkyl halides is 1. The summed E-state index contributed by atoms with van der Waals surface area (Å²) in [6.45, 7) is 8.20. The number of hydrogen-bond acceptors (Lipinski definition) is 2. The largest absolute Gasteiger partial charge is 0.304 e. The summed E-state index contributed by atoms with van der Waals surface area (Å²) < 4.78 is 0. The van der Waals surface area contributed by atoms with E-state index in [9.17, 15) is 0 Å². The quantitative estimate of drug-likeness (QED) is 0.616. The first-order chi connectivity index (χ1) is 5.72. The molecule has 0 amide bonds. The van der Waals surface area contributed by atoms with Crippen molar-refractivity contribution in [2.45, 2.75) is 6.92 Å². The molecule has 1 saturated heterocycles. The maximum absolute atomic E-state index is 5.76. The first-order valence-electron chi connectivity index (χ1n) is 4.69. The van der Waals surface area contributed by atoms with Crippen molar-refractivity contribution in [3.63, 3.8) is 0 Å². The lowest BCUT2D eigenvalue weighted by Gasteiger charge is -2.33. The van der Waals surface area contributed by atoms with E-state index in [0.29, 0.717) is 5.92 Å². The van der Waals surface area contributed by atoms with Crippen molar-refractivity contribution >= 4 is 11.6 Å². The van der Waals surface area contributed by atoms with Crippen LogP contribution in [0.15, 0.2) is 0 Å². The lowest BCUT2D eigenvalue weighted by Crippen LogP contribution is -2.45. The van der Waals surface area contributed by atoms with Crippen molar-refractivity contribution in [2.75, 3.05) is 45.7 Å². The van der Waals surface area contributed by atoms with Crippen LogP contribution in [0.1, 0.15) is 6.92 Å². The fraction of sp³-hybridized carbons (Fsp3) is 1.00. The van der Waals surface area contributed by atoms with Gasteiger partial charge in [-0.1, -0.05) is 6.92 Å². The zero-order valence-electron chi connectivity index (χ0n) is 8.09. The minimum absolute atomic E-state index is 0.634. The number of nitrogens with zero attached hydrogens (tertiary/aromatic N) is 2. The first kappa shape index (κ1) is 10.3. The molecule has 0 radical (unpaired) electrons. The van der Waals surface area contributed by atoms with Crippen molar-refractivity contribution in [2.24, 2.45) is 5.92 Å². The van der Waals surface area contributed by atoms with E-state index in [1.54, 1.807) is 0 Å². The molecule has 0 aromatic rings. The van der Waals surface area contributed by atoms with E-state index in [2.05, 4.69) is 23.8 Å². The summed E-state index contributed by atoms with van der Waals surface area (Å²) in [6.07, 6.45) is 0. The zero-order chi connectivity index (χ0) is 8.97. The average molecular weight is 191 g/mol. The SMILES string of the molecule is C[C@H](CCl)CN1CCN(C)CC1. The highest BCUT2D eigenvalue weighted by molar-refractivity contribution is 6.18. The van der Waals surface area contributed by atoms with Crippen molar-refractivity contribution in [1.29, 1.82) is 0 Å². The Morgan fingerprint density at radius 3 is 2.33 bits per heavy atom. The van der Waals surface area contributed by atoms with Crippen LogP contribution in [0.4, 0.5) is 0 Å². The second kappa shape index (κ2) is 5.05. The fourth-order valence-corrected chi connectivity index (χ4v) is 1.62. The summed E-state index contributed by atoms with van der Waals surface area (Å²) in [5.41, 5.74) is 0. The molecule has 1 aliphatic rings. The van der Waals surface area contributed by atoms with Gasteiger partial charge in [0.15, 0.2) is 0 Å². The Morgan fingerprint density at radius 2 is 1.83 bits per heavy atom. The minimum atomic E-state index is 0.634. The maximum Gasteiger partial charge on any atom is 0.0261 e. The second-order valence-electron chi connectivity index (χ2n) is 3.86. The van der Waals surface area contributed by atoms with E-state index >= 15 is 0 Å². The molecule has 1 atom stereocenters. The predicted octanol–water partition coefficient (Wildman–Crippen LogP) is 1.11. The molecule has 0 bridgehead atoms. The van der Waals surface area contributed by atoms with Gasteiger partial charge in [0.25, 0.3) is 0 Å². The molecule has 0 aliphatic carbocycles. The van der Waals surface area contributed by atoms with Gasteiger partial charge in [0.1, 0.15) is 0 Å². The number of halogens is 1. The van der Waals surface area contributed by atoms with Crippen molar-refractivity contribution in [3.8, 4) is 0 Å². The summed E-state index contributed by atoms with van der Waals surface area (Å²) in [5, 5.41) is 0. The molecule has 0 saturated carbocycles. The average Bonchev–Trinajstić information content (AvgIpc) is 2.09. The Bertz CT molecular complexity index is 122. The molecule has 72 valence electrons. The Kier molecular flexibility index (Phi) is 4.33. The van der Waals surface area contributed by atoms with Crippen LogP contribution in [-0.4, -0.2) is 55.5 Å². The molecular formula is C9H19ClN2. The Labute approximate surface area is 80.5 Å². The van der Waals surface area contributed by atoms with Crippen LogP contribution in [0.3, 0.4) is 0 Å². The van der Waals surface area contributed by atoms with E-state index < -0.39 is 0 Å². The normalized spacial score (nSPS) is 24.2. The van der Waals surface area contributed by atoms with Gasteiger partial charge in [-0.25, -0.2) is 0 Å². The van der Waals surface area contributed by atoms with E-state index in [0.717, 1.165) is 12.4 Å². The Morgan fingerprint density at radius 1 is 1.25 bits per heavy atom. The van der Waals surface area contributed by atoms with E-state index in [-0.39, 0.29) is 0 Å². The van der Waals surface area contributed by atoms with Gasteiger partial charge in [-0.15, -0.1) is 11.6 Å². The van der Waals surface area contributed by atoms with Crippen LogP contribution in [-0.2, 0) is 0 Å². The predicted molar refractivity (Wildman–Crippen MR) is 53.8 cm³/mol. The molecular weight excluding hydrogens is 172 g/mol. The van der Waals surface area contributed by atoms with Crippen LogP contribution in [0.25, 0.3) is 0 Å². The molecule has 3 heteroatoms. The molecule has 1 heterocycles. The van der Waals surface area contributed by atoms with Gasteiger partial charge in [-0.3, -0.25) is 0 Å². The van der Waals surface area contributed by atoms with Crippen molar-refractivity contribution < 1.29 is 0 Å². The molecule has 1 rings (SSSR count). The molecule has 0 aromatic carbocycles. The minimum Gasteiger partial charge on any atom is -0.304 e. The second-order valence-corrected chi connectivity index (χ2v) is 4.17. The summed E-state index contributed by atoms with van der Waals surface area (Å²) >= 11 is 5.76. The van der Waals surface area contributed by atoms with Crippen LogP contribution < -0.4 is 0 Å². The Hall–Kier alpha value is 0.210. The highest BCUT2D eigenvalue weighted by atomic mass is 35.5. The number of rotatable bonds is 3. The van der Waals surface area contributed by atoms with E-state index in [1.807, 2.05) is 0 Å². The van der Waals surface area contributed by atoms with E-state index in [4.69, 9.17) is 11.6 Å². The third-order valence-electron chi connectivity index (χ3n) is 2.43. The summed E-state index contributed by atoms with van der Waals surface area (Å²) in [5.74, 6) is 1.42. The smallest absolute Gasteiger partial charge is 0.0261 e. The third-order valence-corrected chi connectivity index (χ3v) is 2.96. The number of likely N-dealkylation sites (N-methyl/N-ethyl adjacent to an activating group) is 1. The molecule has 0 aromatic heterocycles. The summed E-state index contributed by atoms with van der Waals surface area (Å²) in [4.78, 5) is 4.88. The van der Waals surface area contributed by atoms with Crippen LogP contribution >= 0.6 is 11.6 Å². The topological polar surface area (TPSA) is 6.48 Å². The number of piperazine rings is 1. The summed E-state index contributed by atoms with van der Waals surface area (Å²) in [6, 6.07) is 0. The summed E-state index contributed by atoms with van der Waals surface area (Å²) in [7, 11) is 2.18. The monoisotopic (exact) mass is 190 g/mol. The van der Waals surface area contributed by atoms with E-state index in [1.165, 1.54) is 26.2 Å². The molecule has 2 nitrogen and oxygen atoms in total. The van der Waals surface area contributed by atoms with Crippen LogP contribution in [0.2, 0.25) is 0 Å². The molecule has 0 unspecified atom stereocenters. The van der Waals surface area contributed by atoms with Gasteiger partial charge >= 0.3 is 0 Å².